The molecule has 1 N–H and O–H groups in total. The normalized spacial score (nSPS) is 11.4. The van der Waals surface area contributed by atoms with Crippen LogP contribution in [0, 0.1) is 6.92 Å². The molecule has 27 heavy (non-hydrogen) atoms. The minimum Gasteiger partial charge on any atom is -0.507 e. The third-order valence-corrected chi connectivity index (χ3v) is 5.12. The van der Waals surface area contributed by atoms with E-state index < -0.39 is 5.63 Å². The van der Waals surface area contributed by atoms with E-state index in [0.717, 1.165) is 35.9 Å². The lowest BCUT2D eigenvalue weighted by molar-refractivity contribution is 0.314. The van der Waals surface area contributed by atoms with E-state index in [0.29, 0.717) is 28.3 Å². The van der Waals surface area contributed by atoms with Gasteiger partial charge in [0.15, 0.2) is 0 Å². The molecule has 0 saturated heterocycles. The highest BCUT2D eigenvalue weighted by atomic mass is 35.5. The molecule has 4 nitrogen and oxygen atoms in total. The van der Waals surface area contributed by atoms with Crippen molar-refractivity contribution in [2.75, 3.05) is 13.6 Å². The van der Waals surface area contributed by atoms with E-state index in [1.54, 1.807) is 24.3 Å². The Labute approximate surface area is 164 Å². The van der Waals surface area contributed by atoms with Crippen LogP contribution in [0.2, 0.25) is 5.02 Å². The first-order valence-corrected chi connectivity index (χ1v) is 9.53. The number of unbranched alkanes of at least 4 members (excludes halogenated alkanes) is 1. The van der Waals surface area contributed by atoms with Crippen LogP contribution in [0.3, 0.4) is 0 Å². The van der Waals surface area contributed by atoms with Crippen molar-refractivity contribution in [1.82, 2.24) is 4.90 Å². The van der Waals surface area contributed by atoms with Crippen LogP contribution in [-0.4, -0.2) is 23.6 Å². The van der Waals surface area contributed by atoms with Gasteiger partial charge in [-0.1, -0.05) is 37.1 Å². The number of halogens is 1. The van der Waals surface area contributed by atoms with Gasteiger partial charge in [0.05, 0.1) is 11.1 Å². The van der Waals surface area contributed by atoms with Gasteiger partial charge < -0.3 is 14.4 Å². The first-order chi connectivity index (χ1) is 12.9. The van der Waals surface area contributed by atoms with Gasteiger partial charge >= 0.3 is 5.63 Å². The van der Waals surface area contributed by atoms with E-state index in [4.69, 9.17) is 16.0 Å². The van der Waals surface area contributed by atoms with Gasteiger partial charge in [-0.25, -0.2) is 4.79 Å². The molecule has 5 heteroatoms. The Morgan fingerprint density at radius 2 is 1.85 bits per heavy atom. The van der Waals surface area contributed by atoms with E-state index in [9.17, 15) is 9.90 Å². The SMILES string of the molecule is CCCCN(C)Cc1c(O)ccc2c(C)c(-c3ccc(Cl)cc3)c(=O)oc12. The van der Waals surface area contributed by atoms with Crippen molar-refractivity contribution in [3.63, 3.8) is 0 Å². The van der Waals surface area contributed by atoms with Crippen molar-refractivity contribution >= 4 is 22.6 Å². The standard InChI is InChI=1S/C22H24ClNO3/c1-4-5-12-24(3)13-18-19(25)11-10-17-14(2)20(22(26)27-21(17)18)15-6-8-16(23)9-7-15/h6-11,25H,4-5,12-13H2,1-3H3. The van der Waals surface area contributed by atoms with Crippen LogP contribution >= 0.6 is 11.6 Å². The van der Waals surface area contributed by atoms with Crippen LogP contribution < -0.4 is 5.63 Å². The van der Waals surface area contributed by atoms with Gasteiger partial charge in [-0.3, -0.25) is 0 Å². The molecule has 0 atom stereocenters. The second-order valence-corrected chi connectivity index (χ2v) is 7.36. The first kappa shape index (κ1) is 19.5. The van der Waals surface area contributed by atoms with Crippen LogP contribution in [0.15, 0.2) is 45.6 Å². The van der Waals surface area contributed by atoms with E-state index in [1.165, 1.54) is 0 Å². The molecule has 1 heterocycles. The van der Waals surface area contributed by atoms with Crippen LogP contribution in [0.25, 0.3) is 22.1 Å². The molecule has 0 bridgehead atoms. The quantitative estimate of drug-likeness (QED) is 0.580. The molecule has 1 aromatic heterocycles. The molecule has 3 rings (SSSR count). The van der Waals surface area contributed by atoms with Gasteiger partial charge in [0, 0.05) is 17.0 Å². The summed E-state index contributed by atoms with van der Waals surface area (Å²) in [7, 11) is 2.00. The second-order valence-electron chi connectivity index (χ2n) is 6.93. The molecule has 142 valence electrons. The molecule has 0 aliphatic carbocycles. The molecule has 0 aliphatic rings. The number of phenolic OH excluding ortho intramolecular Hbond substituents is 1. The lowest BCUT2D eigenvalue weighted by Gasteiger charge is -2.18. The monoisotopic (exact) mass is 385 g/mol. The lowest BCUT2D eigenvalue weighted by atomic mass is 9.98. The number of phenols is 1. The predicted molar refractivity (Wildman–Crippen MR) is 111 cm³/mol. The summed E-state index contributed by atoms with van der Waals surface area (Å²) < 4.78 is 5.70. The second kappa shape index (κ2) is 8.15. The lowest BCUT2D eigenvalue weighted by Crippen LogP contribution is -2.19. The highest BCUT2D eigenvalue weighted by molar-refractivity contribution is 6.30. The predicted octanol–water partition coefficient (Wildman–Crippen LogP) is 5.36. The summed E-state index contributed by atoms with van der Waals surface area (Å²) in [6.45, 7) is 5.49. The number of hydrogen-bond acceptors (Lipinski definition) is 4. The summed E-state index contributed by atoms with van der Waals surface area (Å²) in [6.07, 6.45) is 2.18. The molecular weight excluding hydrogens is 362 g/mol. The van der Waals surface area contributed by atoms with Crippen molar-refractivity contribution in [3.8, 4) is 16.9 Å². The number of aryl methyl sites for hydroxylation is 1. The molecule has 0 aliphatic heterocycles. The fourth-order valence-electron chi connectivity index (χ4n) is 3.34. The van der Waals surface area contributed by atoms with E-state index in [2.05, 4.69) is 11.8 Å². The average molecular weight is 386 g/mol. The van der Waals surface area contributed by atoms with Crippen LogP contribution in [0.1, 0.15) is 30.9 Å². The Bertz CT molecular complexity index is 1010. The van der Waals surface area contributed by atoms with Crippen molar-refractivity contribution < 1.29 is 9.52 Å². The summed E-state index contributed by atoms with van der Waals surface area (Å²) in [5.74, 6) is 0.146. The van der Waals surface area contributed by atoms with Crippen molar-refractivity contribution in [1.29, 1.82) is 0 Å². The summed E-state index contributed by atoms with van der Waals surface area (Å²) in [4.78, 5) is 14.9. The van der Waals surface area contributed by atoms with Gasteiger partial charge in [-0.05, 0) is 62.3 Å². The molecule has 0 spiro atoms. The Balaban J connectivity index is 2.13. The number of benzene rings is 2. The largest absolute Gasteiger partial charge is 0.507 e. The number of hydrogen-bond donors (Lipinski definition) is 1. The van der Waals surface area contributed by atoms with Gasteiger partial charge in [-0.2, -0.15) is 0 Å². The van der Waals surface area contributed by atoms with Crippen LogP contribution in [0.4, 0.5) is 0 Å². The van der Waals surface area contributed by atoms with Gasteiger partial charge in [0.1, 0.15) is 11.3 Å². The maximum atomic E-state index is 12.8. The minimum absolute atomic E-state index is 0.146. The Morgan fingerprint density at radius 1 is 1.15 bits per heavy atom. The maximum Gasteiger partial charge on any atom is 0.344 e. The molecule has 0 fully saturated rings. The summed E-state index contributed by atoms with van der Waals surface area (Å²) in [6, 6.07) is 10.6. The average Bonchev–Trinajstić information content (AvgIpc) is 2.64. The molecule has 0 unspecified atom stereocenters. The third kappa shape index (κ3) is 4.02. The molecule has 3 aromatic rings. The highest BCUT2D eigenvalue weighted by Crippen LogP contribution is 2.33. The molecule has 2 aromatic carbocycles. The highest BCUT2D eigenvalue weighted by Gasteiger charge is 2.18. The molecule has 0 amide bonds. The number of rotatable bonds is 6. The van der Waals surface area contributed by atoms with Crippen molar-refractivity contribution in [2.45, 2.75) is 33.2 Å². The van der Waals surface area contributed by atoms with Crippen molar-refractivity contribution in [3.05, 3.63) is 63.0 Å². The third-order valence-electron chi connectivity index (χ3n) is 4.87. The number of nitrogens with zero attached hydrogens (tertiary/aromatic N) is 1. The van der Waals surface area contributed by atoms with Gasteiger partial charge in [0.25, 0.3) is 0 Å². The van der Waals surface area contributed by atoms with E-state index >= 15 is 0 Å². The minimum atomic E-state index is -0.412. The Kier molecular flexibility index (Phi) is 5.88. The fraction of sp³-hybridized carbons (Fsp3) is 0.318. The number of fused-ring (bicyclic) bond motifs is 1. The smallest absolute Gasteiger partial charge is 0.344 e. The number of aromatic hydroxyl groups is 1. The van der Waals surface area contributed by atoms with Gasteiger partial charge in [0.2, 0.25) is 0 Å². The zero-order valence-electron chi connectivity index (χ0n) is 15.9. The summed E-state index contributed by atoms with van der Waals surface area (Å²) in [5.41, 5.74) is 2.82. The van der Waals surface area contributed by atoms with Crippen molar-refractivity contribution in [2.24, 2.45) is 0 Å². The summed E-state index contributed by atoms with van der Waals surface area (Å²) >= 11 is 5.96. The van der Waals surface area contributed by atoms with Crippen LogP contribution in [0.5, 0.6) is 5.75 Å². The van der Waals surface area contributed by atoms with Crippen LogP contribution in [-0.2, 0) is 6.54 Å². The fourth-order valence-corrected chi connectivity index (χ4v) is 3.47. The Morgan fingerprint density at radius 3 is 2.52 bits per heavy atom. The van der Waals surface area contributed by atoms with Gasteiger partial charge in [-0.15, -0.1) is 0 Å². The molecular formula is C22H24ClNO3. The summed E-state index contributed by atoms with van der Waals surface area (Å²) in [5, 5.41) is 11.8. The Hall–Kier alpha value is -2.30. The first-order valence-electron chi connectivity index (χ1n) is 9.15. The zero-order valence-corrected chi connectivity index (χ0v) is 16.6. The van der Waals surface area contributed by atoms with E-state index in [1.807, 2.05) is 26.1 Å². The molecule has 0 saturated carbocycles. The topological polar surface area (TPSA) is 53.7 Å². The zero-order chi connectivity index (χ0) is 19.6. The molecule has 0 radical (unpaired) electrons. The maximum absolute atomic E-state index is 12.8. The van der Waals surface area contributed by atoms with E-state index in [-0.39, 0.29) is 5.75 Å².